The summed E-state index contributed by atoms with van der Waals surface area (Å²) in [5.74, 6) is 0. The summed E-state index contributed by atoms with van der Waals surface area (Å²) in [6, 6.07) is 12.6. The maximum Gasteiger partial charge on any atom is 0.0491 e. The van der Waals surface area contributed by atoms with E-state index < -0.39 is 0 Å². The summed E-state index contributed by atoms with van der Waals surface area (Å²) in [5.41, 5.74) is 3.60. The van der Waals surface area contributed by atoms with Crippen LogP contribution in [0.5, 0.6) is 0 Å². The Morgan fingerprint density at radius 2 is 2.09 bits per heavy atom. The molecule has 5 heteroatoms. The third-order valence-electron chi connectivity index (χ3n) is 4.11. The molecular weight excluding hydrogens is 317 g/mol. The van der Waals surface area contributed by atoms with E-state index >= 15 is 0 Å². The minimum absolute atomic E-state index is 0. The van der Waals surface area contributed by atoms with Gasteiger partial charge < -0.3 is 5.32 Å². The number of hydrogen-bond donors (Lipinski definition) is 1. The molecule has 2 heterocycles. The number of aromatic nitrogens is 1. The van der Waals surface area contributed by atoms with Crippen LogP contribution < -0.4 is 5.32 Å². The summed E-state index contributed by atoms with van der Waals surface area (Å²) in [5, 5.41) is 4.32. The Kier molecular flexibility index (Phi) is 6.21. The lowest BCUT2D eigenvalue weighted by atomic mass is 10.0. The highest BCUT2D eigenvalue weighted by atomic mass is 35.5. The smallest absolute Gasteiger partial charge is 0.0491 e. The van der Waals surface area contributed by atoms with E-state index in [9.17, 15) is 0 Å². The maximum atomic E-state index is 6.39. The molecule has 1 aromatic heterocycles. The second-order valence-electron chi connectivity index (χ2n) is 5.46. The van der Waals surface area contributed by atoms with E-state index in [0.29, 0.717) is 6.04 Å². The lowest BCUT2D eigenvalue weighted by molar-refractivity contribution is 0.153. The van der Waals surface area contributed by atoms with Gasteiger partial charge in [0.05, 0.1) is 0 Å². The first-order valence-corrected chi connectivity index (χ1v) is 7.73. The van der Waals surface area contributed by atoms with Gasteiger partial charge in [-0.3, -0.25) is 9.88 Å². The van der Waals surface area contributed by atoms with E-state index in [1.165, 1.54) is 11.1 Å². The third-order valence-corrected chi connectivity index (χ3v) is 4.45. The second kappa shape index (κ2) is 7.93. The van der Waals surface area contributed by atoms with Crippen LogP contribution in [0.4, 0.5) is 0 Å². The molecule has 1 atom stereocenters. The van der Waals surface area contributed by atoms with Gasteiger partial charge in [-0.15, -0.1) is 12.4 Å². The summed E-state index contributed by atoms with van der Waals surface area (Å²) in [6.45, 7) is 5.95. The molecule has 0 spiro atoms. The standard InChI is InChI=1S/C17H20ClN3.ClH/c1-13-14(5-4-8-20-13)12-21-10-9-19-11-17(21)15-6-2-3-7-16(15)18;/h2-8,17,19H,9-12H2,1H3;1H. The van der Waals surface area contributed by atoms with Crippen LogP contribution in [0.1, 0.15) is 22.9 Å². The highest BCUT2D eigenvalue weighted by Gasteiger charge is 2.25. The SMILES string of the molecule is Cc1ncccc1CN1CCNCC1c1ccccc1Cl.Cl. The Morgan fingerprint density at radius 1 is 1.27 bits per heavy atom. The minimum atomic E-state index is 0. The number of piperazine rings is 1. The summed E-state index contributed by atoms with van der Waals surface area (Å²) < 4.78 is 0. The van der Waals surface area contributed by atoms with Crippen molar-refractivity contribution in [1.82, 2.24) is 15.2 Å². The predicted octanol–water partition coefficient (Wildman–Crippen LogP) is 3.61. The van der Waals surface area contributed by atoms with Crippen LogP contribution in [0.15, 0.2) is 42.6 Å². The zero-order chi connectivity index (χ0) is 14.7. The number of rotatable bonds is 3. The molecule has 0 bridgehead atoms. The largest absolute Gasteiger partial charge is 0.314 e. The van der Waals surface area contributed by atoms with E-state index in [-0.39, 0.29) is 12.4 Å². The van der Waals surface area contributed by atoms with Gasteiger partial charge in [-0.2, -0.15) is 0 Å². The molecule has 0 saturated carbocycles. The summed E-state index contributed by atoms with van der Waals surface area (Å²) in [7, 11) is 0. The molecule has 1 fully saturated rings. The monoisotopic (exact) mass is 337 g/mol. The summed E-state index contributed by atoms with van der Waals surface area (Å²) in [6.07, 6.45) is 1.85. The fourth-order valence-corrected chi connectivity index (χ4v) is 3.15. The van der Waals surface area contributed by atoms with Crippen molar-refractivity contribution in [1.29, 1.82) is 0 Å². The van der Waals surface area contributed by atoms with Crippen LogP contribution in [0.25, 0.3) is 0 Å². The number of benzene rings is 1. The van der Waals surface area contributed by atoms with Crippen LogP contribution in [-0.2, 0) is 6.54 Å². The topological polar surface area (TPSA) is 28.2 Å². The van der Waals surface area contributed by atoms with Crippen molar-refractivity contribution >= 4 is 24.0 Å². The van der Waals surface area contributed by atoms with Gasteiger partial charge in [-0.1, -0.05) is 35.9 Å². The van der Waals surface area contributed by atoms with Gasteiger partial charge in [0.25, 0.3) is 0 Å². The fraction of sp³-hybridized carbons (Fsp3) is 0.353. The Labute approximate surface area is 143 Å². The number of nitrogens with one attached hydrogen (secondary N) is 1. The average molecular weight is 338 g/mol. The fourth-order valence-electron chi connectivity index (χ4n) is 2.89. The normalized spacial score (nSPS) is 18.7. The average Bonchev–Trinajstić information content (AvgIpc) is 2.51. The van der Waals surface area contributed by atoms with Gasteiger partial charge >= 0.3 is 0 Å². The van der Waals surface area contributed by atoms with Gasteiger partial charge in [0, 0.05) is 49.1 Å². The van der Waals surface area contributed by atoms with E-state index in [0.717, 1.165) is 36.9 Å². The molecule has 0 radical (unpaired) electrons. The minimum Gasteiger partial charge on any atom is -0.314 e. The molecule has 118 valence electrons. The highest BCUT2D eigenvalue weighted by molar-refractivity contribution is 6.31. The molecule has 1 aliphatic heterocycles. The lowest BCUT2D eigenvalue weighted by Crippen LogP contribution is -2.45. The van der Waals surface area contributed by atoms with Gasteiger partial charge in [0.15, 0.2) is 0 Å². The van der Waals surface area contributed by atoms with Crippen LogP contribution in [0.3, 0.4) is 0 Å². The summed E-state index contributed by atoms with van der Waals surface area (Å²) in [4.78, 5) is 6.88. The molecule has 1 aliphatic rings. The van der Waals surface area contributed by atoms with Crippen molar-refractivity contribution in [3.63, 3.8) is 0 Å². The number of hydrogen-bond acceptors (Lipinski definition) is 3. The molecule has 3 nitrogen and oxygen atoms in total. The van der Waals surface area contributed by atoms with Crippen LogP contribution in [0, 0.1) is 6.92 Å². The van der Waals surface area contributed by atoms with Gasteiger partial charge in [-0.05, 0) is 30.2 Å². The molecule has 2 aromatic rings. The molecule has 3 rings (SSSR count). The van der Waals surface area contributed by atoms with Crippen molar-refractivity contribution in [3.8, 4) is 0 Å². The molecule has 0 aliphatic carbocycles. The first-order chi connectivity index (χ1) is 10.3. The Bertz CT molecular complexity index is 618. The molecule has 1 unspecified atom stereocenters. The zero-order valence-electron chi connectivity index (χ0n) is 12.6. The van der Waals surface area contributed by atoms with Crippen LogP contribution in [0.2, 0.25) is 5.02 Å². The van der Waals surface area contributed by atoms with Crippen LogP contribution >= 0.6 is 24.0 Å². The molecule has 1 saturated heterocycles. The number of nitrogens with zero attached hydrogens (tertiary/aromatic N) is 2. The van der Waals surface area contributed by atoms with Crippen molar-refractivity contribution in [2.24, 2.45) is 0 Å². The zero-order valence-corrected chi connectivity index (χ0v) is 14.2. The number of pyridine rings is 1. The number of halogens is 2. The molecule has 1 aromatic carbocycles. The molecular formula is C17H21Cl2N3. The van der Waals surface area contributed by atoms with Gasteiger partial charge in [0.2, 0.25) is 0 Å². The molecule has 22 heavy (non-hydrogen) atoms. The maximum absolute atomic E-state index is 6.39. The first kappa shape index (κ1) is 17.2. The van der Waals surface area contributed by atoms with Crippen molar-refractivity contribution in [2.45, 2.75) is 19.5 Å². The number of aryl methyl sites for hydroxylation is 1. The van der Waals surface area contributed by atoms with E-state index in [2.05, 4.69) is 40.3 Å². The Hall–Kier alpha value is -1.13. The Morgan fingerprint density at radius 3 is 2.86 bits per heavy atom. The van der Waals surface area contributed by atoms with Crippen molar-refractivity contribution in [2.75, 3.05) is 19.6 Å². The van der Waals surface area contributed by atoms with Gasteiger partial charge in [0.1, 0.15) is 0 Å². The van der Waals surface area contributed by atoms with Crippen molar-refractivity contribution < 1.29 is 0 Å². The highest BCUT2D eigenvalue weighted by Crippen LogP contribution is 2.29. The Balaban J connectivity index is 0.00000176. The second-order valence-corrected chi connectivity index (χ2v) is 5.87. The predicted molar refractivity (Wildman–Crippen MR) is 93.7 cm³/mol. The summed E-state index contributed by atoms with van der Waals surface area (Å²) >= 11 is 6.39. The van der Waals surface area contributed by atoms with Crippen molar-refractivity contribution in [3.05, 3.63) is 64.4 Å². The van der Waals surface area contributed by atoms with E-state index in [1.54, 1.807) is 0 Å². The van der Waals surface area contributed by atoms with E-state index in [1.807, 2.05) is 24.4 Å². The molecule has 0 amide bonds. The van der Waals surface area contributed by atoms with Gasteiger partial charge in [-0.25, -0.2) is 0 Å². The van der Waals surface area contributed by atoms with Crippen LogP contribution in [-0.4, -0.2) is 29.5 Å². The molecule has 1 N–H and O–H groups in total. The first-order valence-electron chi connectivity index (χ1n) is 7.35. The van der Waals surface area contributed by atoms with E-state index in [4.69, 9.17) is 11.6 Å². The quantitative estimate of drug-likeness (QED) is 0.927. The lowest BCUT2D eigenvalue weighted by Gasteiger charge is -2.37. The third kappa shape index (κ3) is 3.79.